The maximum atomic E-state index is 10.7. The molecule has 0 aliphatic rings. The molecule has 0 bridgehead atoms. The van der Waals surface area contributed by atoms with Crippen molar-refractivity contribution in [2.24, 2.45) is 0 Å². The van der Waals surface area contributed by atoms with Gasteiger partial charge in [0.2, 0.25) is 26.2 Å². The molecule has 0 aliphatic carbocycles. The van der Waals surface area contributed by atoms with Crippen LogP contribution >= 0.6 is 30.4 Å². The van der Waals surface area contributed by atoms with Crippen molar-refractivity contribution >= 4 is 30.4 Å². The quantitative estimate of drug-likeness (QED) is 0.0980. The van der Waals surface area contributed by atoms with Crippen molar-refractivity contribution in [1.29, 1.82) is 0 Å². The van der Waals surface area contributed by atoms with Gasteiger partial charge in [0, 0.05) is 0 Å². The van der Waals surface area contributed by atoms with Gasteiger partial charge >= 0.3 is 15.2 Å². The van der Waals surface area contributed by atoms with Crippen molar-refractivity contribution in [2.75, 3.05) is 13.1 Å². The van der Waals surface area contributed by atoms with Crippen molar-refractivity contribution in [3.8, 4) is 0 Å². The summed E-state index contributed by atoms with van der Waals surface area (Å²) in [4.78, 5) is 73.1. The Kier molecular flexibility index (Phi) is 14.3. The van der Waals surface area contributed by atoms with Gasteiger partial charge in [-0.3, -0.25) is 9.13 Å². The predicted molar refractivity (Wildman–Crippen MR) is 94.7 cm³/mol. The van der Waals surface area contributed by atoms with E-state index < -0.39 is 41.4 Å². The Morgan fingerprint density at radius 2 is 0.929 bits per heavy atom. The average molecular weight is 494 g/mol. The predicted octanol–water partition coefficient (Wildman–Crippen LogP) is -3.29. The highest BCUT2D eigenvalue weighted by Gasteiger charge is 2.41. The van der Waals surface area contributed by atoms with Crippen molar-refractivity contribution in [2.45, 2.75) is 50.6 Å². The molecule has 0 aromatic rings. The lowest BCUT2D eigenvalue weighted by molar-refractivity contribution is -0.658. The van der Waals surface area contributed by atoms with Gasteiger partial charge in [0.1, 0.15) is 0 Å². The highest BCUT2D eigenvalue weighted by Crippen LogP contribution is 2.54. The van der Waals surface area contributed by atoms with Crippen LogP contribution in [0.1, 0.15) is 39.5 Å². The first-order valence-electron chi connectivity index (χ1n) is 8.23. The van der Waals surface area contributed by atoms with E-state index in [1.807, 2.05) is 13.8 Å². The third kappa shape index (κ3) is 14.5. The van der Waals surface area contributed by atoms with Crippen LogP contribution in [0.2, 0.25) is 0 Å². The van der Waals surface area contributed by atoms with E-state index in [0.717, 1.165) is 23.5 Å². The molecular formula is C10H30N2O12P4. The molecule has 0 aliphatic heterocycles. The van der Waals surface area contributed by atoms with Crippen LogP contribution < -0.4 is 20.4 Å². The van der Waals surface area contributed by atoms with Crippen LogP contribution in [0.5, 0.6) is 0 Å². The van der Waals surface area contributed by atoms with Gasteiger partial charge in [-0.1, -0.05) is 26.7 Å². The monoisotopic (exact) mass is 494 g/mol. The fourth-order valence-electron chi connectivity index (χ4n) is 1.86. The summed E-state index contributed by atoms with van der Waals surface area (Å²) in [5.41, 5.74) is -4.14. The molecule has 10 N–H and O–H groups in total. The Labute approximate surface area is 162 Å². The van der Waals surface area contributed by atoms with Gasteiger partial charge in [0.25, 0.3) is 0 Å². The van der Waals surface area contributed by atoms with E-state index in [2.05, 4.69) is 0 Å². The van der Waals surface area contributed by atoms with E-state index in [9.17, 15) is 28.0 Å². The van der Waals surface area contributed by atoms with Gasteiger partial charge in [0.15, 0.2) is 0 Å². The van der Waals surface area contributed by atoms with Gasteiger partial charge in [-0.15, -0.1) is 0 Å². The molecule has 2 unspecified atom stereocenters. The molecule has 0 fully saturated rings. The third-order valence-electron chi connectivity index (χ3n) is 3.23. The molecule has 0 saturated heterocycles. The lowest BCUT2D eigenvalue weighted by atomic mass is 10.3. The van der Waals surface area contributed by atoms with Gasteiger partial charge in [-0.25, -0.2) is 0 Å². The van der Waals surface area contributed by atoms with Gasteiger partial charge in [-0.2, -0.15) is 0 Å². The first-order valence-corrected chi connectivity index (χ1v) is 14.9. The number of quaternary nitrogens is 2. The molecule has 14 nitrogen and oxygen atoms in total. The summed E-state index contributed by atoms with van der Waals surface area (Å²) in [6.07, 6.45) is 2.80. The molecule has 18 heteroatoms. The zero-order chi connectivity index (χ0) is 22.8. The number of unbranched alkanes of at least 4 members (excludes halogenated alkanes) is 2. The Balaban J connectivity index is 0. The topological polar surface area (TPSA) is 269 Å². The van der Waals surface area contributed by atoms with Gasteiger partial charge < -0.3 is 58.9 Å². The molecule has 4 atom stereocenters. The van der Waals surface area contributed by atoms with E-state index >= 15 is 0 Å². The maximum Gasteiger partial charge on any atom is 0.391 e. The molecule has 0 aromatic heterocycles. The average Bonchev–Trinajstić information content (AvgIpc) is 2.43. The molecule has 0 rings (SSSR count). The maximum absolute atomic E-state index is 10.7. The van der Waals surface area contributed by atoms with Crippen LogP contribution in [0, 0.1) is 0 Å². The third-order valence-corrected chi connectivity index (χ3v) is 10.3. The van der Waals surface area contributed by atoms with Crippen LogP contribution in [0.25, 0.3) is 0 Å². The summed E-state index contributed by atoms with van der Waals surface area (Å²) in [6.45, 7) is 4.21. The van der Waals surface area contributed by atoms with Crippen molar-refractivity contribution in [3.05, 3.63) is 0 Å². The Hall–Kier alpha value is 0.520. The van der Waals surface area contributed by atoms with E-state index in [4.69, 9.17) is 29.4 Å². The number of hydrogen-bond acceptors (Lipinski definition) is 6. The second-order valence-corrected chi connectivity index (χ2v) is 13.5. The van der Waals surface area contributed by atoms with Crippen LogP contribution in [-0.4, -0.2) is 53.5 Å². The van der Waals surface area contributed by atoms with E-state index in [-0.39, 0.29) is 13.1 Å². The molecule has 0 amide bonds. The van der Waals surface area contributed by atoms with Crippen molar-refractivity contribution in [3.63, 3.8) is 0 Å². The SMILES string of the molecule is CCCC[NH2+][C@@H](P(=O)([O-])O)P(=O)(O)O.CCCC[NH2+][C@@H](P(=O)([O-])O)P(=O)(O)O. The Bertz CT molecular complexity index is 524. The standard InChI is InChI=1S/2C5H15NO6P2/c2*1-2-3-4-6-5(13(7,8)9)14(10,11)12/h2*5-6H,2-4H2,1H3,(H2,7,8,9)(H2,10,11,12). The number of rotatable bonds is 12. The summed E-state index contributed by atoms with van der Waals surface area (Å²) in [5.74, 6) is 0. The highest BCUT2D eigenvalue weighted by molar-refractivity contribution is 7.70. The summed E-state index contributed by atoms with van der Waals surface area (Å²) < 4.78 is 42.7. The second kappa shape index (κ2) is 13.0. The largest absolute Gasteiger partial charge is 0.774 e. The number of hydrogen-bond donors (Lipinski definition) is 8. The first-order chi connectivity index (χ1) is 12.4. The molecule has 0 aromatic carbocycles. The zero-order valence-corrected chi connectivity index (χ0v) is 19.1. The van der Waals surface area contributed by atoms with Gasteiger partial charge in [-0.05, 0) is 12.8 Å². The van der Waals surface area contributed by atoms with E-state index in [1.54, 1.807) is 0 Å². The minimum Gasteiger partial charge on any atom is -0.774 e. The molecule has 172 valence electrons. The number of nitrogens with two attached hydrogens (primary N) is 2. The summed E-state index contributed by atoms with van der Waals surface area (Å²) in [6, 6.07) is 0. The lowest BCUT2D eigenvalue weighted by Gasteiger charge is -2.25. The summed E-state index contributed by atoms with van der Waals surface area (Å²) in [5, 5.41) is 1.91. The van der Waals surface area contributed by atoms with Crippen LogP contribution in [0.3, 0.4) is 0 Å². The molecule has 0 saturated carbocycles. The lowest BCUT2D eigenvalue weighted by Crippen LogP contribution is -2.89. The summed E-state index contributed by atoms with van der Waals surface area (Å²) >= 11 is 0. The molecular weight excluding hydrogens is 464 g/mol. The van der Waals surface area contributed by atoms with Crippen LogP contribution in [0.4, 0.5) is 0 Å². The normalized spacial score (nSPS) is 18.9. The first kappa shape index (κ1) is 30.7. The molecule has 0 spiro atoms. The van der Waals surface area contributed by atoms with Crippen LogP contribution in [0.15, 0.2) is 0 Å². The second-order valence-electron chi connectivity index (χ2n) is 5.89. The molecule has 28 heavy (non-hydrogen) atoms. The Morgan fingerprint density at radius 3 is 1.07 bits per heavy atom. The van der Waals surface area contributed by atoms with E-state index in [0.29, 0.717) is 12.8 Å². The smallest absolute Gasteiger partial charge is 0.391 e. The van der Waals surface area contributed by atoms with Crippen molar-refractivity contribution in [1.82, 2.24) is 0 Å². The molecule has 0 heterocycles. The highest BCUT2D eigenvalue weighted by atomic mass is 31.2. The zero-order valence-electron chi connectivity index (χ0n) is 15.5. The fraction of sp³-hybridized carbons (Fsp3) is 1.00. The Morgan fingerprint density at radius 1 is 0.679 bits per heavy atom. The van der Waals surface area contributed by atoms with E-state index in [1.165, 1.54) is 0 Å². The fourth-order valence-corrected chi connectivity index (χ4v) is 6.58. The minimum atomic E-state index is -5.01. The summed E-state index contributed by atoms with van der Waals surface area (Å²) in [7, 11) is -19.6. The van der Waals surface area contributed by atoms with Crippen molar-refractivity contribution < 1.29 is 68.0 Å². The molecule has 0 radical (unpaired) electrons. The van der Waals surface area contributed by atoms with Gasteiger partial charge in [0.05, 0.1) is 13.1 Å². The minimum absolute atomic E-state index is 0.249. The van der Waals surface area contributed by atoms with Crippen LogP contribution in [-0.2, 0) is 18.3 Å².